The van der Waals surface area contributed by atoms with E-state index in [-0.39, 0.29) is 12.5 Å². The maximum Gasteiger partial charge on any atom is 0.263 e. The molecule has 0 bridgehead atoms. The lowest BCUT2D eigenvalue weighted by molar-refractivity contribution is -0.118. The van der Waals surface area contributed by atoms with Crippen molar-refractivity contribution < 1.29 is 9.53 Å². The molecule has 1 amide bonds. The molecule has 1 aliphatic rings. The molecule has 0 spiro atoms. The molecule has 0 atom stereocenters. The predicted molar refractivity (Wildman–Crippen MR) is 98.2 cm³/mol. The third-order valence-electron chi connectivity index (χ3n) is 4.31. The van der Waals surface area contributed by atoms with Crippen LogP contribution in [-0.4, -0.2) is 22.3 Å². The largest absolute Gasteiger partial charge is 0.484 e. The van der Waals surface area contributed by atoms with Gasteiger partial charge in [0, 0.05) is 10.9 Å². The molecule has 0 fully saturated rings. The van der Waals surface area contributed by atoms with Crippen molar-refractivity contribution in [3.05, 3.63) is 64.0 Å². The summed E-state index contributed by atoms with van der Waals surface area (Å²) < 4.78 is 7.42. The second-order valence-corrected chi connectivity index (χ2v) is 7.11. The van der Waals surface area contributed by atoms with Crippen molar-refractivity contribution in [3.8, 4) is 5.75 Å². The molecule has 1 aromatic carbocycles. The first-order chi connectivity index (χ1) is 12.3. The summed E-state index contributed by atoms with van der Waals surface area (Å²) in [5.41, 5.74) is 2.74. The summed E-state index contributed by atoms with van der Waals surface area (Å²) >= 11 is 1.67. The lowest BCUT2D eigenvalue weighted by Crippen LogP contribution is -2.22. The summed E-state index contributed by atoms with van der Waals surface area (Å²) in [5.74, 6) is 1.24. The summed E-state index contributed by atoms with van der Waals surface area (Å²) in [4.78, 5) is 13.4. The normalized spacial score (nSPS) is 12.8. The van der Waals surface area contributed by atoms with Crippen LogP contribution >= 0.6 is 11.3 Å². The molecule has 3 aromatic rings. The third-order valence-corrected chi connectivity index (χ3v) is 5.17. The minimum absolute atomic E-state index is 0.0109. The number of carbonyl (C=O) groups excluding carboxylic acids is 1. The lowest BCUT2D eigenvalue weighted by atomic mass is 10.1. The van der Waals surface area contributed by atoms with Gasteiger partial charge in [0.15, 0.2) is 6.61 Å². The molecule has 2 heterocycles. The van der Waals surface area contributed by atoms with Crippen molar-refractivity contribution in [2.45, 2.75) is 25.8 Å². The van der Waals surface area contributed by atoms with Crippen LogP contribution in [0.25, 0.3) is 0 Å². The summed E-state index contributed by atoms with van der Waals surface area (Å²) in [5, 5.41) is 9.17. The van der Waals surface area contributed by atoms with Gasteiger partial charge in [0.25, 0.3) is 5.91 Å². The van der Waals surface area contributed by atoms with Crippen molar-refractivity contribution >= 4 is 23.1 Å². The van der Waals surface area contributed by atoms with Crippen LogP contribution in [0.3, 0.4) is 0 Å². The van der Waals surface area contributed by atoms with E-state index in [0.29, 0.717) is 12.4 Å². The molecule has 6 heteroatoms. The summed E-state index contributed by atoms with van der Waals surface area (Å²) in [6.07, 6.45) is 5.13. The Morgan fingerprint density at radius 3 is 3.04 bits per heavy atom. The van der Waals surface area contributed by atoms with Gasteiger partial charge in [0.05, 0.1) is 12.7 Å². The number of benzene rings is 1. The van der Waals surface area contributed by atoms with Crippen LogP contribution in [0, 0.1) is 0 Å². The van der Waals surface area contributed by atoms with Gasteiger partial charge in [0.1, 0.15) is 11.6 Å². The molecule has 0 unspecified atom stereocenters. The highest BCUT2D eigenvalue weighted by molar-refractivity contribution is 7.09. The first-order valence-corrected chi connectivity index (χ1v) is 9.24. The number of thiophene rings is 1. The van der Waals surface area contributed by atoms with Gasteiger partial charge >= 0.3 is 0 Å². The Labute approximate surface area is 150 Å². The number of amides is 1. The number of anilines is 1. The minimum Gasteiger partial charge on any atom is -0.484 e. The number of ether oxygens (including phenoxy) is 1. The Hall–Kier alpha value is -2.60. The molecular formula is C19H19N3O2S. The summed E-state index contributed by atoms with van der Waals surface area (Å²) in [6.45, 7) is 0.634. The maximum absolute atomic E-state index is 12.2. The number of hydrogen-bond donors (Lipinski definition) is 1. The Morgan fingerprint density at radius 2 is 2.16 bits per heavy atom. The van der Waals surface area contributed by atoms with E-state index in [1.165, 1.54) is 22.4 Å². The third kappa shape index (κ3) is 3.74. The van der Waals surface area contributed by atoms with E-state index in [0.717, 1.165) is 18.6 Å². The molecule has 2 aromatic heterocycles. The molecule has 128 valence electrons. The van der Waals surface area contributed by atoms with E-state index in [1.807, 2.05) is 17.5 Å². The van der Waals surface area contributed by atoms with Crippen LogP contribution < -0.4 is 10.1 Å². The molecule has 0 saturated heterocycles. The fourth-order valence-corrected chi connectivity index (χ4v) is 3.77. The zero-order valence-electron chi connectivity index (χ0n) is 13.8. The van der Waals surface area contributed by atoms with E-state index < -0.39 is 0 Å². The highest BCUT2D eigenvalue weighted by atomic mass is 32.1. The molecule has 25 heavy (non-hydrogen) atoms. The second-order valence-electron chi connectivity index (χ2n) is 6.07. The number of aryl methyl sites for hydroxylation is 2. The van der Waals surface area contributed by atoms with E-state index in [9.17, 15) is 4.79 Å². The molecule has 0 saturated carbocycles. The molecule has 4 rings (SSSR count). The monoisotopic (exact) mass is 353 g/mol. The van der Waals surface area contributed by atoms with Gasteiger partial charge in [-0.25, -0.2) is 4.68 Å². The lowest BCUT2D eigenvalue weighted by Gasteiger charge is -2.10. The quantitative estimate of drug-likeness (QED) is 0.738. The Balaban J connectivity index is 1.34. The van der Waals surface area contributed by atoms with Gasteiger partial charge in [-0.05, 0) is 54.0 Å². The van der Waals surface area contributed by atoms with Crippen molar-refractivity contribution in [1.82, 2.24) is 9.78 Å². The average Bonchev–Trinajstić information content (AvgIpc) is 3.35. The van der Waals surface area contributed by atoms with Crippen molar-refractivity contribution in [1.29, 1.82) is 0 Å². The van der Waals surface area contributed by atoms with E-state index in [1.54, 1.807) is 28.3 Å². The fraction of sp³-hybridized carbons (Fsp3) is 0.263. The standard InChI is InChI=1S/C19H19N3O2S/c23-19(13-24-16-7-6-14-3-1-4-15(14)11-16)21-18-8-9-20-22(18)12-17-5-2-10-25-17/h2,5-11H,1,3-4,12-13H2,(H,21,23). The number of fused-ring (bicyclic) bond motifs is 1. The molecule has 1 N–H and O–H groups in total. The Kier molecular flexibility index (Phi) is 4.52. The molecule has 0 aliphatic heterocycles. The van der Waals surface area contributed by atoms with Gasteiger partial charge in [-0.2, -0.15) is 5.10 Å². The van der Waals surface area contributed by atoms with Gasteiger partial charge < -0.3 is 10.1 Å². The second kappa shape index (κ2) is 7.11. The van der Waals surface area contributed by atoms with Crippen LogP contribution in [0.2, 0.25) is 0 Å². The Bertz CT molecular complexity index is 871. The number of nitrogens with one attached hydrogen (secondary N) is 1. The number of rotatable bonds is 6. The van der Waals surface area contributed by atoms with Gasteiger partial charge in [-0.15, -0.1) is 11.3 Å². The van der Waals surface area contributed by atoms with Gasteiger partial charge in [0.2, 0.25) is 0 Å². The summed E-state index contributed by atoms with van der Waals surface area (Å²) in [6, 6.07) is 11.9. The minimum atomic E-state index is -0.187. The van der Waals surface area contributed by atoms with E-state index in [4.69, 9.17) is 4.74 Å². The molecule has 1 aliphatic carbocycles. The zero-order valence-corrected chi connectivity index (χ0v) is 14.6. The van der Waals surface area contributed by atoms with Crippen LogP contribution in [0.5, 0.6) is 5.75 Å². The van der Waals surface area contributed by atoms with Crippen molar-refractivity contribution in [3.63, 3.8) is 0 Å². The first kappa shape index (κ1) is 15.9. The van der Waals surface area contributed by atoms with Crippen molar-refractivity contribution in [2.75, 3.05) is 11.9 Å². The molecular weight excluding hydrogens is 334 g/mol. The number of nitrogens with zero attached hydrogens (tertiary/aromatic N) is 2. The van der Waals surface area contributed by atoms with Gasteiger partial charge in [-0.3, -0.25) is 4.79 Å². The van der Waals surface area contributed by atoms with Crippen LogP contribution in [0.4, 0.5) is 5.82 Å². The highest BCUT2D eigenvalue weighted by Crippen LogP contribution is 2.26. The molecule has 5 nitrogen and oxygen atoms in total. The summed E-state index contributed by atoms with van der Waals surface area (Å²) in [7, 11) is 0. The first-order valence-electron chi connectivity index (χ1n) is 8.36. The topological polar surface area (TPSA) is 56.1 Å². The fourth-order valence-electron chi connectivity index (χ4n) is 3.08. The van der Waals surface area contributed by atoms with E-state index >= 15 is 0 Å². The van der Waals surface area contributed by atoms with Crippen LogP contribution in [0.15, 0.2) is 48.0 Å². The predicted octanol–water partition coefficient (Wildman–Crippen LogP) is 3.50. The average molecular weight is 353 g/mol. The zero-order chi connectivity index (χ0) is 17.1. The van der Waals surface area contributed by atoms with Crippen molar-refractivity contribution in [2.24, 2.45) is 0 Å². The van der Waals surface area contributed by atoms with Crippen LogP contribution in [0.1, 0.15) is 22.4 Å². The van der Waals surface area contributed by atoms with Crippen LogP contribution in [-0.2, 0) is 24.2 Å². The number of aromatic nitrogens is 2. The Morgan fingerprint density at radius 1 is 1.24 bits per heavy atom. The smallest absolute Gasteiger partial charge is 0.263 e. The van der Waals surface area contributed by atoms with Gasteiger partial charge in [-0.1, -0.05) is 12.1 Å². The highest BCUT2D eigenvalue weighted by Gasteiger charge is 2.13. The maximum atomic E-state index is 12.2. The SMILES string of the molecule is O=C(COc1ccc2c(c1)CCC2)Nc1ccnn1Cc1cccs1. The molecule has 0 radical (unpaired) electrons. The number of hydrogen-bond acceptors (Lipinski definition) is 4. The number of carbonyl (C=O) groups is 1. The van der Waals surface area contributed by atoms with E-state index in [2.05, 4.69) is 28.6 Å².